The molecule has 0 spiro atoms. The van der Waals surface area contributed by atoms with E-state index in [4.69, 9.17) is 0 Å². The van der Waals surface area contributed by atoms with Crippen molar-refractivity contribution in [2.24, 2.45) is 13.0 Å². The van der Waals surface area contributed by atoms with Crippen molar-refractivity contribution in [1.82, 2.24) is 24.6 Å². The lowest BCUT2D eigenvalue weighted by atomic mass is 9.96. The van der Waals surface area contributed by atoms with Crippen molar-refractivity contribution in [2.75, 3.05) is 32.7 Å². The van der Waals surface area contributed by atoms with E-state index in [1.807, 2.05) is 0 Å². The van der Waals surface area contributed by atoms with Gasteiger partial charge in [-0.2, -0.15) is 0 Å². The van der Waals surface area contributed by atoms with Crippen LogP contribution < -0.4 is 0 Å². The third-order valence-corrected chi connectivity index (χ3v) is 6.23. The minimum absolute atomic E-state index is 0.607. The third-order valence-electron chi connectivity index (χ3n) is 6.23. The zero-order valence-electron chi connectivity index (χ0n) is 15.3. The summed E-state index contributed by atoms with van der Waals surface area (Å²) in [4.78, 5) is 5.24. The molecule has 1 aromatic rings. The van der Waals surface area contributed by atoms with Gasteiger partial charge in [-0.25, -0.2) is 0 Å². The Morgan fingerprint density at radius 1 is 0.833 bits per heavy atom. The number of rotatable bonds is 5. The van der Waals surface area contributed by atoms with E-state index in [1.54, 1.807) is 0 Å². The summed E-state index contributed by atoms with van der Waals surface area (Å²) >= 11 is 0. The molecule has 0 bridgehead atoms. The molecule has 1 aliphatic carbocycles. The van der Waals surface area contributed by atoms with Crippen LogP contribution >= 0.6 is 0 Å². The van der Waals surface area contributed by atoms with Crippen LogP contribution in [0.2, 0.25) is 0 Å². The lowest BCUT2D eigenvalue weighted by Crippen LogP contribution is -2.35. The maximum Gasteiger partial charge on any atom is 0.146 e. The molecule has 134 valence electrons. The predicted molar refractivity (Wildman–Crippen MR) is 95.9 cm³/mol. The lowest BCUT2D eigenvalue weighted by Gasteiger charge is -2.31. The zero-order valence-corrected chi connectivity index (χ0v) is 15.3. The molecule has 2 saturated heterocycles. The third kappa shape index (κ3) is 3.99. The first kappa shape index (κ1) is 16.5. The van der Waals surface area contributed by atoms with Gasteiger partial charge in [-0.1, -0.05) is 12.8 Å². The van der Waals surface area contributed by atoms with Gasteiger partial charge in [0.25, 0.3) is 0 Å². The molecule has 24 heavy (non-hydrogen) atoms. The first-order valence-electron chi connectivity index (χ1n) is 10.1. The van der Waals surface area contributed by atoms with Crippen molar-refractivity contribution in [3.05, 3.63) is 11.6 Å². The minimum Gasteiger partial charge on any atom is -0.317 e. The van der Waals surface area contributed by atoms with Crippen molar-refractivity contribution in [3.63, 3.8) is 0 Å². The van der Waals surface area contributed by atoms with Gasteiger partial charge in [0.05, 0.1) is 6.54 Å². The number of hydrogen-bond acceptors (Lipinski definition) is 4. The fourth-order valence-corrected chi connectivity index (χ4v) is 4.40. The Morgan fingerprint density at radius 2 is 1.54 bits per heavy atom. The van der Waals surface area contributed by atoms with Crippen LogP contribution in [0.1, 0.15) is 68.9 Å². The Hall–Kier alpha value is -0.940. The molecule has 1 saturated carbocycles. The van der Waals surface area contributed by atoms with Crippen molar-refractivity contribution < 1.29 is 0 Å². The number of piperidine rings is 1. The van der Waals surface area contributed by atoms with Crippen LogP contribution in [-0.2, 0) is 13.6 Å². The van der Waals surface area contributed by atoms with Crippen LogP contribution in [0.4, 0.5) is 0 Å². The second-order valence-corrected chi connectivity index (χ2v) is 8.24. The van der Waals surface area contributed by atoms with Crippen molar-refractivity contribution in [3.8, 4) is 0 Å². The van der Waals surface area contributed by atoms with Gasteiger partial charge in [-0.05, 0) is 70.6 Å². The predicted octanol–water partition coefficient (Wildman–Crippen LogP) is 2.78. The smallest absolute Gasteiger partial charge is 0.146 e. The molecular formula is C19H33N5. The van der Waals surface area contributed by atoms with Gasteiger partial charge in [-0.3, -0.25) is 4.90 Å². The first-order chi connectivity index (χ1) is 11.8. The van der Waals surface area contributed by atoms with Crippen molar-refractivity contribution in [1.29, 1.82) is 0 Å². The molecular weight excluding hydrogens is 298 g/mol. The molecule has 3 heterocycles. The van der Waals surface area contributed by atoms with Gasteiger partial charge >= 0.3 is 0 Å². The van der Waals surface area contributed by atoms with Crippen LogP contribution in [0, 0.1) is 5.92 Å². The molecule has 4 rings (SSSR count). The van der Waals surface area contributed by atoms with E-state index in [-0.39, 0.29) is 0 Å². The van der Waals surface area contributed by atoms with Crippen LogP contribution in [0.15, 0.2) is 0 Å². The summed E-state index contributed by atoms with van der Waals surface area (Å²) in [6.07, 6.45) is 10.9. The summed E-state index contributed by atoms with van der Waals surface area (Å²) in [5.41, 5.74) is 0. The van der Waals surface area contributed by atoms with E-state index in [0.29, 0.717) is 5.92 Å². The fourth-order valence-electron chi connectivity index (χ4n) is 4.40. The van der Waals surface area contributed by atoms with E-state index in [1.165, 1.54) is 89.9 Å². The zero-order chi connectivity index (χ0) is 16.4. The molecule has 5 heteroatoms. The summed E-state index contributed by atoms with van der Waals surface area (Å²) in [7, 11) is 2.18. The summed E-state index contributed by atoms with van der Waals surface area (Å²) in [5, 5.41) is 9.15. The molecule has 0 aromatic carbocycles. The van der Waals surface area contributed by atoms with Crippen LogP contribution in [0.25, 0.3) is 0 Å². The van der Waals surface area contributed by atoms with Gasteiger partial charge in [0.15, 0.2) is 0 Å². The van der Waals surface area contributed by atoms with Crippen LogP contribution in [0.3, 0.4) is 0 Å². The highest BCUT2D eigenvalue weighted by molar-refractivity contribution is 5.03. The average Bonchev–Trinajstić information content (AvgIpc) is 3.38. The van der Waals surface area contributed by atoms with E-state index in [9.17, 15) is 0 Å². The molecule has 0 N–H and O–H groups in total. The van der Waals surface area contributed by atoms with E-state index < -0.39 is 0 Å². The van der Waals surface area contributed by atoms with E-state index in [2.05, 4.69) is 31.6 Å². The quantitative estimate of drug-likeness (QED) is 0.831. The Kier molecular flexibility index (Phi) is 5.18. The highest BCUT2D eigenvalue weighted by Gasteiger charge is 2.29. The molecule has 0 amide bonds. The van der Waals surface area contributed by atoms with Gasteiger partial charge in [0.1, 0.15) is 11.6 Å². The standard InChI is InChI=1S/C19H33N5/c1-22-18(15-23-10-4-2-3-5-11-23)20-21-19(22)17-8-12-24(13-9-17)14-16-6-7-16/h16-17H,2-15H2,1H3. The Bertz CT molecular complexity index is 520. The van der Waals surface area contributed by atoms with Crippen molar-refractivity contribution in [2.45, 2.75) is 63.8 Å². The van der Waals surface area contributed by atoms with E-state index >= 15 is 0 Å². The molecule has 0 atom stereocenters. The Morgan fingerprint density at radius 3 is 2.21 bits per heavy atom. The summed E-state index contributed by atoms with van der Waals surface area (Å²) in [6.45, 7) is 7.25. The maximum atomic E-state index is 4.59. The topological polar surface area (TPSA) is 37.2 Å². The highest BCUT2D eigenvalue weighted by Crippen LogP contribution is 2.33. The molecule has 0 unspecified atom stereocenters. The number of nitrogens with zero attached hydrogens (tertiary/aromatic N) is 5. The number of likely N-dealkylation sites (tertiary alicyclic amines) is 2. The van der Waals surface area contributed by atoms with Gasteiger partial charge in [-0.15, -0.1) is 10.2 Å². The normalized spacial score (nSPS) is 25.0. The summed E-state index contributed by atoms with van der Waals surface area (Å²) in [6, 6.07) is 0. The first-order valence-corrected chi connectivity index (χ1v) is 10.1. The minimum atomic E-state index is 0.607. The maximum absolute atomic E-state index is 4.59. The van der Waals surface area contributed by atoms with Gasteiger partial charge < -0.3 is 9.47 Å². The molecule has 1 aromatic heterocycles. The summed E-state index contributed by atoms with van der Waals surface area (Å²) < 4.78 is 2.30. The fraction of sp³-hybridized carbons (Fsp3) is 0.895. The largest absolute Gasteiger partial charge is 0.317 e. The second-order valence-electron chi connectivity index (χ2n) is 8.24. The molecule has 3 aliphatic rings. The van der Waals surface area contributed by atoms with Gasteiger partial charge in [0.2, 0.25) is 0 Å². The number of hydrogen-bond donors (Lipinski definition) is 0. The number of aromatic nitrogens is 3. The molecule has 3 fully saturated rings. The van der Waals surface area contributed by atoms with Gasteiger partial charge in [0, 0.05) is 19.5 Å². The molecule has 2 aliphatic heterocycles. The van der Waals surface area contributed by atoms with Crippen LogP contribution in [0.5, 0.6) is 0 Å². The van der Waals surface area contributed by atoms with Crippen LogP contribution in [-0.4, -0.2) is 57.3 Å². The average molecular weight is 332 g/mol. The highest BCUT2D eigenvalue weighted by atomic mass is 15.3. The molecule has 0 radical (unpaired) electrons. The monoisotopic (exact) mass is 331 g/mol. The molecule has 5 nitrogen and oxygen atoms in total. The SMILES string of the molecule is Cn1c(CN2CCCCCC2)nnc1C1CCN(CC2CC2)CC1. The van der Waals surface area contributed by atoms with Crippen molar-refractivity contribution >= 4 is 0 Å². The summed E-state index contributed by atoms with van der Waals surface area (Å²) in [5.74, 6) is 4.01. The Balaban J connectivity index is 1.33. The van der Waals surface area contributed by atoms with E-state index in [0.717, 1.165) is 18.3 Å². The lowest BCUT2D eigenvalue weighted by molar-refractivity contribution is 0.200. The second kappa shape index (κ2) is 7.52. The Labute approximate surface area is 146 Å².